The van der Waals surface area contributed by atoms with E-state index in [0.717, 1.165) is 30.5 Å². The Morgan fingerprint density at radius 3 is 2.24 bits per heavy atom. The van der Waals surface area contributed by atoms with Gasteiger partial charge in [0.15, 0.2) is 0 Å². The molecule has 2 aromatic carbocycles. The molecule has 112 valence electrons. The highest BCUT2D eigenvalue weighted by atomic mass is 19.4. The Morgan fingerprint density at radius 1 is 1.00 bits per heavy atom. The van der Waals surface area contributed by atoms with Gasteiger partial charge < -0.3 is 5.11 Å². The van der Waals surface area contributed by atoms with E-state index in [1.165, 1.54) is 12.1 Å². The molecule has 1 nitrogen and oxygen atoms in total. The Balaban J connectivity index is 2.31. The predicted octanol–water partition coefficient (Wildman–Crippen LogP) is 4.74. The molecule has 0 aromatic heterocycles. The van der Waals surface area contributed by atoms with Crippen molar-refractivity contribution >= 4 is 0 Å². The fraction of sp³-hybridized carbons (Fsp3) is 0.294. The van der Waals surface area contributed by atoms with Gasteiger partial charge >= 0.3 is 6.18 Å². The van der Waals surface area contributed by atoms with Crippen LogP contribution in [0.15, 0.2) is 48.5 Å². The van der Waals surface area contributed by atoms with Crippen LogP contribution in [0.1, 0.15) is 41.7 Å². The molecule has 0 saturated carbocycles. The van der Waals surface area contributed by atoms with Gasteiger partial charge in [-0.25, -0.2) is 0 Å². The standard InChI is InChI=1S/C17H17F3O/c1-2-5-12-6-3-7-13(10-12)16(21)14-8-4-9-15(11-14)17(18,19)20/h3-4,6-11,16,21H,2,5H2,1H3. The summed E-state index contributed by atoms with van der Waals surface area (Å²) in [6.07, 6.45) is -3.60. The smallest absolute Gasteiger partial charge is 0.384 e. The first-order valence-corrected chi connectivity index (χ1v) is 6.86. The lowest BCUT2D eigenvalue weighted by molar-refractivity contribution is -0.137. The third kappa shape index (κ3) is 3.85. The molecule has 0 aliphatic heterocycles. The summed E-state index contributed by atoms with van der Waals surface area (Å²) in [6.45, 7) is 2.05. The zero-order valence-electron chi connectivity index (χ0n) is 11.7. The molecular weight excluding hydrogens is 277 g/mol. The first-order valence-electron chi connectivity index (χ1n) is 6.86. The molecule has 1 unspecified atom stereocenters. The number of benzene rings is 2. The Labute approximate surface area is 122 Å². The minimum absolute atomic E-state index is 0.249. The summed E-state index contributed by atoms with van der Waals surface area (Å²) in [4.78, 5) is 0. The van der Waals surface area contributed by atoms with Crippen LogP contribution in [0.4, 0.5) is 13.2 Å². The van der Waals surface area contributed by atoms with Crippen LogP contribution < -0.4 is 0 Å². The summed E-state index contributed by atoms with van der Waals surface area (Å²) in [5.74, 6) is 0. The Kier molecular flexibility index (Phi) is 4.68. The normalized spacial score (nSPS) is 13.2. The lowest BCUT2D eigenvalue weighted by atomic mass is 9.97. The van der Waals surface area contributed by atoms with Gasteiger partial charge in [-0.05, 0) is 35.2 Å². The van der Waals surface area contributed by atoms with E-state index >= 15 is 0 Å². The van der Waals surface area contributed by atoms with Crippen LogP contribution in [0.25, 0.3) is 0 Å². The van der Waals surface area contributed by atoms with Crippen LogP contribution in [-0.4, -0.2) is 5.11 Å². The van der Waals surface area contributed by atoms with Crippen molar-refractivity contribution in [3.05, 3.63) is 70.8 Å². The second kappa shape index (κ2) is 6.31. The van der Waals surface area contributed by atoms with Gasteiger partial charge in [0.25, 0.3) is 0 Å². The summed E-state index contributed by atoms with van der Waals surface area (Å²) < 4.78 is 38.1. The predicted molar refractivity (Wildman–Crippen MR) is 75.9 cm³/mol. The summed E-state index contributed by atoms with van der Waals surface area (Å²) in [5.41, 5.74) is 1.18. The van der Waals surface area contributed by atoms with Crippen molar-refractivity contribution in [2.24, 2.45) is 0 Å². The number of aryl methyl sites for hydroxylation is 1. The summed E-state index contributed by atoms with van der Waals surface area (Å²) in [6, 6.07) is 12.2. The quantitative estimate of drug-likeness (QED) is 0.863. The Morgan fingerprint density at radius 2 is 1.62 bits per heavy atom. The molecular formula is C17H17F3O. The molecule has 4 heteroatoms. The van der Waals surface area contributed by atoms with E-state index in [9.17, 15) is 18.3 Å². The Hall–Kier alpha value is -1.81. The minimum Gasteiger partial charge on any atom is -0.384 e. The van der Waals surface area contributed by atoms with Gasteiger partial charge in [0, 0.05) is 0 Å². The second-order valence-corrected chi connectivity index (χ2v) is 5.02. The molecule has 2 aromatic rings. The van der Waals surface area contributed by atoms with E-state index in [1.54, 1.807) is 6.07 Å². The van der Waals surface area contributed by atoms with E-state index in [2.05, 4.69) is 6.92 Å². The molecule has 0 radical (unpaired) electrons. The maximum Gasteiger partial charge on any atom is 0.416 e. The molecule has 0 bridgehead atoms. The van der Waals surface area contributed by atoms with Crippen LogP contribution in [0, 0.1) is 0 Å². The zero-order chi connectivity index (χ0) is 15.5. The van der Waals surface area contributed by atoms with Crippen LogP contribution >= 0.6 is 0 Å². The van der Waals surface area contributed by atoms with Gasteiger partial charge in [-0.3, -0.25) is 0 Å². The Bertz CT molecular complexity index is 605. The number of halogens is 3. The lowest BCUT2D eigenvalue weighted by Crippen LogP contribution is -2.07. The third-order valence-electron chi connectivity index (χ3n) is 3.34. The summed E-state index contributed by atoms with van der Waals surface area (Å²) in [7, 11) is 0. The summed E-state index contributed by atoms with van der Waals surface area (Å²) >= 11 is 0. The number of hydrogen-bond acceptors (Lipinski definition) is 1. The molecule has 1 N–H and O–H groups in total. The highest BCUT2D eigenvalue weighted by molar-refractivity contribution is 5.35. The number of aliphatic hydroxyl groups excluding tert-OH is 1. The van der Waals surface area contributed by atoms with Gasteiger partial charge in [-0.15, -0.1) is 0 Å². The molecule has 0 aliphatic rings. The van der Waals surface area contributed by atoms with Gasteiger partial charge in [0.05, 0.1) is 5.56 Å². The van der Waals surface area contributed by atoms with Crippen LogP contribution in [0.3, 0.4) is 0 Å². The van der Waals surface area contributed by atoms with Crippen molar-refractivity contribution in [1.82, 2.24) is 0 Å². The van der Waals surface area contributed by atoms with E-state index in [1.807, 2.05) is 18.2 Å². The topological polar surface area (TPSA) is 20.2 Å². The molecule has 21 heavy (non-hydrogen) atoms. The van der Waals surface area contributed by atoms with Crippen LogP contribution in [0.2, 0.25) is 0 Å². The molecule has 0 saturated heterocycles. The van der Waals surface area contributed by atoms with Crippen LogP contribution in [-0.2, 0) is 12.6 Å². The van der Waals surface area contributed by atoms with Gasteiger partial charge in [0.1, 0.15) is 6.10 Å². The molecule has 2 rings (SSSR count). The van der Waals surface area contributed by atoms with Crippen molar-refractivity contribution < 1.29 is 18.3 Å². The lowest BCUT2D eigenvalue weighted by Gasteiger charge is -2.15. The van der Waals surface area contributed by atoms with Crippen LogP contribution in [0.5, 0.6) is 0 Å². The molecule has 0 aliphatic carbocycles. The van der Waals surface area contributed by atoms with E-state index in [-0.39, 0.29) is 5.56 Å². The maximum atomic E-state index is 12.7. The highest BCUT2D eigenvalue weighted by Gasteiger charge is 2.30. The second-order valence-electron chi connectivity index (χ2n) is 5.02. The molecule has 0 heterocycles. The first-order chi connectivity index (χ1) is 9.91. The average Bonchev–Trinajstić information content (AvgIpc) is 2.46. The minimum atomic E-state index is -4.40. The highest BCUT2D eigenvalue weighted by Crippen LogP contribution is 2.32. The van der Waals surface area contributed by atoms with E-state index in [0.29, 0.717) is 5.56 Å². The average molecular weight is 294 g/mol. The molecule has 0 spiro atoms. The maximum absolute atomic E-state index is 12.7. The van der Waals surface area contributed by atoms with Gasteiger partial charge in [0.2, 0.25) is 0 Å². The molecule has 0 amide bonds. The number of hydrogen-bond donors (Lipinski definition) is 1. The number of alkyl halides is 3. The van der Waals surface area contributed by atoms with Crippen molar-refractivity contribution in [3.63, 3.8) is 0 Å². The van der Waals surface area contributed by atoms with Gasteiger partial charge in [-0.1, -0.05) is 49.7 Å². The van der Waals surface area contributed by atoms with Crippen molar-refractivity contribution in [2.45, 2.75) is 32.0 Å². The zero-order valence-corrected chi connectivity index (χ0v) is 11.7. The molecule has 1 atom stereocenters. The van der Waals surface area contributed by atoms with Crippen molar-refractivity contribution in [3.8, 4) is 0 Å². The first kappa shape index (κ1) is 15.6. The van der Waals surface area contributed by atoms with Gasteiger partial charge in [-0.2, -0.15) is 13.2 Å². The van der Waals surface area contributed by atoms with Crippen molar-refractivity contribution in [1.29, 1.82) is 0 Å². The monoisotopic (exact) mass is 294 g/mol. The number of aliphatic hydroxyl groups is 1. The number of rotatable bonds is 4. The van der Waals surface area contributed by atoms with Crippen molar-refractivity contribution in [2.75, 3.05) is 0 Å². The SMILES string of the molecule is CCCc1cccc(C(O)c2cccc(C(F)(F)F)c2)c1. The third-order valence-corrected chi connectivity index (χ3v) is 3.34. The largest absolute Gasteiger partial charge is 0.416 e. The fourth-order valence-corrected chi connectivity index (χ4v) is 2.28. The summed E-state index contributed by atoms with van der Waals surface area (Å²) in [5, 5.41) is 10.3. The van der Waals surface area contributed by atoms with E-state index < -0.39 is 17.8 Å². The van der Waals surface area contributed by atoms with E-state index in [4.69, 9.17) is 0 Å². The molecule has 0 fully saturated rings. The fourth-order valence-electron chi connectivity index (χ4n) is 2.28.